The highest BCUT2D eigenvalue weighted by molar-refractivity contribution is 5.78. The Balaban J connectivity index is 1.30. The molecule has 2 atom stereocenters. The molecule has 0 radical (unpaired) electrons. The Labute approximate surface area is 234 Å². The highest BCUT2D eigenvalue weighted by Crippen LogP contribution is 2.30. The first-order valence-electron chi connectivity index (χ1n) is 12.9. The number of urea groups is 1. The van der Waals surface area contributed by atoms with Gasteiger partial charge in [-0.25, -0.2) is 14.0 Å². The molecule has 0 unspecified atom stereocenters. The van der Waals surface area contributed by atoms with E-state index in [9.17, 15) is 32.3 Å². The smallest absolute Gasteiger partial charge is 0.416 e. The SMILES string of the molecule is CN1C(=O)N(Cc2cccc(C(F)(F)F)c2)C[C@@H]1CCOc1ccc(C[C@@](C)(Oc2ccccc2F)C(=O)O)cc1. The highest BCUT2D eigenvalue weighted by Gasteiger charge is 2.37. The van der Waals surface area contributed by atoms with Crippen molar-refractivity contribution in [3.8, 4) is 11.5 Å². The van der Waals surface area contributed by atoms with Crippen molar-refractivity contribution < 1.29 is 41.7 Å². The minimum atomic E-state index is -4.45. The molecular formula is C30H30F4N2O5. The van der Waals surface area contributed by atoms with Gasteiger partial charge >= 0.3 is 18.2 Å². The summed E-state index contributed by atoms with van der Waals surface area (Å²) in [7, 11) is 1.65. The van der Waals surface area contributed by atoms with Gasteiger partial charge in [0.15, 0.2) is 11.6 Å². The first kappa shape index (κ1) is 29.7. The molecule has 1 aliphatic rings. The molecule has 0 spiro atoms. The molecule has 0 bridgehead atoms. The van der Waals surface area contributed by atoms with Gasteiger partial charge in [0.2, 0.25) is 5.60 Å². The van der Waals surface area contributed by atoms with Gasteiger partial charge in [-0.15, -0.1) is 0 Å². The van der Waals surface area contributed by atoms with Gasteiger partial charge < -0.3 is 24.4 Å². The molecule has 1 heterocycles. The summed E-state index contributed by atoms with van der Waals surface area (Å²) in [6, 6.07) is 16.9. The molecule has 1 fully saturated rings. The Hall–Kier alpha value is -4.28. The van der Waals surface area contributed by atoms with Gasteiger partial charge in [0.25, 0.3) is 0 Å². The molecule has 3 aromatic carbocycles. The number of carbonyl (C=O) groups is 2. The lowest BCUT2D eigenvalue weighted by Crippen LogP contribution is -2.43. The molecular weight excluding hydrogens is 544 g/mol. The van der Waals surface area contributed by atoms with E-state index in [1.165, 1.54) is 36.1 Å². The molecule has 41 heavy (non-hydrogen) atoms. The van der Waals surface area contributed by atoms with Crippen LogP contribution in [0.15, 0.2) is 72.8 Å². The van der Waals surface area contributed by atoms with Crippen LogP contribution in [0.25, 0.3) is 0 Å². The number of halogens is 4. The summed E-state index contributed by atoms with van der Waals surface area (Å²) in [6.07, 6.45) is -3.98. The van der Waals surface area contributed by atoms with E-state index in [2.05, 4.69) is 0 Å². The van der Waals surface area contributed by atoms with Crippen molar-refractivity contribution in [2.24, 2.45) is 0 Å². The first-order valence-corrected chi connectivity index (χ1v) is 12.9. The number of hydrogen-bond acceptors (Lipinski definition) is 4. The van der Waals surface area contributed by atoms with E-state index in [1.807, 2.05) is 0 Å². The Kier molecular flexibility index (Phi) is 8.74. The van der Waals surface area contributed by atoms with Crippen molar-refractivity contribution in [1.29, 1.82) is 0 Å². The number of likely N-dealkylation sites (N-methyl/N-ethyl adjacent to an activating group) is 1. The van der Waals surface area contributed by atoms with Crippen LogP contribution in [0, 0.1) is 5.82 Å². The molecule has 0 aromatic heterocycles. The summed E-state index contributed by atoms with van der Waals surface area (Å²) in [4.78, 5) is 27.7. The molecule has 11 heteroatoms. The van der Waals surface area contributed by atoms with E-state index < -0.39 is 29.1 Å². The number of alkyl halides is 3. The number of ether oxygens (including phenoxy) is 2. The van der Waals surface area contributed by atoms with Crippen LogP contribution in [0.5, 0.6) is 11.5 Å². The Morgan fingerprint density at radius 2 is 1.73 bits per heavy atom. The standard InChI is InChI=1S/C30H30F4N2O5/c1-29(27(37)38,41-26-9-4-3-8-25(26)31)17-20-10-12-24(13-11-20)40-15-14-23-19-36(28(39)35(23)2)18-21-6-5-7-22(16-21)30(32,33)34/h3-13,16,23H,14-15,17-19H2,1-2H3,(H,37,38)/t23-,29+/m0/s1. The third-order valence-corrected chi connectivity index (χ3v) is 6.99. The van der Waals surface area contributed by atoms with Gasteiger partial charge in [-0.3, -0.25) is 0 Å². The summed E-state index contributed by atoms with van der Waals surface area (Å²) < 4.78 is 64.5. The summed E-state index contributed by atoms with van der Waals surface area (Å²) in [5, 5.41) is 9.76. The number of carbonyl (C=O) groups excluding carboxylic acids is 1. The zero-order chi connectivity index (χ0) is 29.8. The fourth-order valence-electron chi connectivity index (χ4n) is 4.65. The van der Waals surface area contributed by atoms with Crippen molar-refractivity contribution >= 4 is 12.0 Å². The number of nitrogens with zero attached hydrogens (tertiary/aromatic N) is 2. The molecule has 4 rings (SSSR count). The van der Waals surface area contributed by atoms with Gasteiger partial charge in [0.05, 0.1) is 18.2 Å². The fraction of sp³-hybridized carbons (Fsp3) is 0.333. The van der Waals surface area contributed by atoms with Gasteiger partial charge in [0, 0.05) is 33.0 Å². The molecule has 0 saturated carbocycles. The normalized spacial score (nSPS) is 16.9. The minimum Gasteiger partial charge on any atom is -0.494 e. The van der Waals surface area contributed by atoms with Crippen molar-refractivity contribution in [1.82, 2.24) is 9.80 Å². The lowest BCUT2D eigenvalue weighted by Gasteiger charge is -2.26. The van der Waals surface area contributed by atoms with Crippen LogP contribution >= 0.6 is 0 Å². The number of aliphatic carboxylic acids is 1. The predicted octanol–water partition coefficient (Wildman–Crippen LogP) is 6.01. The highest BCUT2D eigenvalue weighted by atomic mass is 19.4. The number of para-hydroxylation sites is 1. The summed E-state index contributed by atoms with van der Waals surface area (Å²) in [5.74, 6) is -1.51. The van der Waals surface area contributed by atoms with E-state index >= 15 is 0 Å². The number of benzene rings is 3. The monoisotopic (exact) mass is 574 g/mol. The van der Waals surface area contributed by atoms with Crippen molar-refractivity contribution in [2.75, 3.05) is 20.2 Å². The topological polar surface area (TPSA) is 79.3 Å². The average Bonchev–Trinajstić information content (AvgIpc) is 3.18. The Bertz CT molecular complexity index is 1380. The molecule has 3 aromatic rings. The zero-order valence-corrected chi connectivity index (χ0v) is 22.5. The maximum Gasteiger partial charge on any atom is 0.416 e. The largest absolute Gasteiger partial charge is 0.494 e. The molecule has 2 amide bonds. The first-order chi connectivity index (χ1) is 19.4. The number of hydrogen-bond donors (Lipinski definition) is 1. The van der Waals surface area contributed by atoms with Crippen molar-refractivity contribution in [3.05, 3.63) is 95.3 Å². The van der Waals surface area contributed by atoms with Crippen molar-refractivity contribution in [3.63, 3.8) is 0 Å². The third kappa shape index (κ3) is 7.27. The van der Waals surface area contributed by atoms with Crippen LogP contribution in [0.3, 0.4) is 0 Å². The van der Waals surface area contributed by atoms with Crippen LogP contribution < -0.4 is 9.47 Å². The van der Waals surface area contributed by atoms with Crippen LogP contribution in [0.2, 0.25) is 0 Å². The Morgan fingerprint density at radius 3 is 2.39 bits per heavy atom. The second-order valence-corrected chi connectivity index (χ2v) is 10.2. The van der Waals surface area contributed by atoms with E-state index in [0.29, 0.717) is 29.8 Å². The lowest BCUT2D eigenvalue weighted by atomic mass is 9.96. The lowest BCUT2D eigenvalue weighted by molar-refractivity contribution is -0.153. The van der Waals surface area contributed by atoms with Crippen LogP contribution in [-0.4, -0.2) is 58.7 Å². The van der Waals surface area contributed by atoms with E-state index in [0.717, 1.165) is 12.1 Å². The quantitative estimate of drug-likeness (QED) is 0.284. The number of carboxylic acids is 1. The van der Waals surface area contributed by atoms with E-state index in [-0.39, 0.29) is 37.4 Å². The van der Waals surface area contributed by atoms with Gasteiger partial charge in [-0.05, 0) is 54.4 Å². The molecule has 7 nitrogen and oxygen atoms in total. The average molecular weight is 575 g/mol. The van der Waals surface area contributed by atoms with Gasteiger partial charge in [0.1, 0.15) is 5.75 Å². The minimum absolute atomic E-state index is 0.0202. The molecule has 0 aliphatic carbocycles. The molecule has 218 valence electrons. The van der Waals surface area contributed by atoms with Gasteiger partial charge in [-0.2, -0.15) is 13.2 Å². The van der Waals surface area contributed by atoms with Crippen LogP contribution in [-0.2, 0) is 23.9 Å². The predicted molar refractivity (Wildman–Crippen MR) is 142 cm³/mol. The maximum atomic E-state index is 14.0. The second kappa shape index (κ2) is 12.1. The third-order valence-electron chi connectivity index (χ3n) is 6.99. The van der Waals surface area contributed by atoms with E-state index in [4.69, 9.17) is 9.47 Å². The van der Waals surface area contributed by atoms with E-state index in [1.54, 1.807) is 48.3 Å². The van der Waals surface area contributed by atoms with Crippen LogP contribution in [0.4, 0.5) is 22.4 Å². The zero-order valence-electron chi connectivity index (χ0n) is 22.5. The molecule has 1 N–H and O–H groups in total. The molecule has 1 aliphatic heterocycles. The summed E-state index contributed by atoms with van der Waals surface area (Å²) in [5.41, 5.74) is -1.41. The number of amides is 2. The number of rotatable bonds is 11. The van der Waals surface area contributed by atoms with Crippen molar-refractivity contribution in [2.45, 2.75) is 44.1 Å². The van der Waals surface area contributed by atoms with Gasteiger partial charge in [-0.1, -0.05) is 36.4 Å². The fourth-order valence-corrected chi connectivity index (χ4v) is 4.65. The molecule has 1 saturated heterocycles. The van der Waals surface area contributed by atoms with Crippen LogP contribution in [0.1, 0.15) is 30.0 Å². The Morgan fingerprint density at radius 1 is 1.02 bits per heavy atom. The maximum absolute atomic E-state index is 14.0. The second-order valence-electron chi connectivity index (χ2n) is 10.2. The summed E-state index contributed by atoms with van der Waals surface area (Å²) >= 11 is 0. The number of carboxylic acid groups (broad SMARTS) is 1. The summed E-state index contributed by atoms with van der Waals surface area (Å²) in [6.45, 7) is 2.08.